The fourth-order valence-electron chi connectivity index (χ4n) is 10.4. The van der Waals surface area contributed by atoms with Gasteiger partial charge < -0.3 is 5.32 Å². The molecule has 1 amide bonds. The van der Waals surface area contributed by atoms with E-state index in [9.17, 15) is 14.9 Å². The number of hydrogen-bond acceptors (Lipinski definition) is 3. The van der Waals surface area contributed by atoms with Crippen LogP contribution in [0.2, 0.25) is 0 Å². The zero-order valence-electron chi connectivity index (χ0n) is 18.9. The van der Waals surface area contributed by atoms with E-state index in [0.717, 1.165) is 49.9 Å². The monoisotopic (exact) mass is 434 g/mol. The zero-order chi connectivity index (χ0) is 21.7. The number of nitrogens with zero attached hydrogens (tertiary/aromatic N) is 1. The second-order valence-electron chi connectivity index (χ2n) is 13.0. The third-order valence-electron chi connectivity index (χ3n) is 10.7. The highest BCUT2D eigenvalue weighted by Gasteiger charge is 2.62. The van der Waals surface area contributed by atoms with Gasteiger partial charge in [0, 0.05) is 17.7 Å². The highest BCUT2D eigenvalue weighted by atomic mass is 16.6. The molecule has 9 rings (SSSR count). The first kappa shape index (κ1) is 19.5. The van der Waals surface area contributed by atoms with Crippen LogP contribution >= 0.6 is 0 Å². The standard InChI is InChI=1S/C27H34N2O3/c30-24(28-27-13-17-5-18(14-27)7-19(6-17)15-27)26-11-20-8-21(12-26)10-25(9-20,16-26)22-1-3-23(4-2-22)29(31)32/h1-4,17-21H,5-16H2,(H,28,30)/t17?,18?,19?,20-,21-,25?,26?,27?/m1/s1. The Morgan fingerprint density at radius 3 is 1.88 bits per heavy atom. The van der Waals surface area contributed by atoms with Crippen molar-refractivity contribution in [2.24, 2.45) is 35.0 Å². The van der Waals surface area contributed by atoms with Crippen molar-refractivity contribution in [3.8, 4) is 0 Å². The van der Waals surface area contributed by atoms with E-state index in [-0.39, 0.29) is 27.0 Å². The Balaban J connectivity index is 1.18. The van der Waals surface area contributed by atoms with Crippen molar-refractivity contribution in [1.82, 2.24) is 5.32 Å². The van der Waals surface area contributed by atoms with Gasteiger partial charge in [-0.2, -0.15) is 0 Å². The number of carbonyl (C=O) groups is 1. The molecule has 0 aromatic heterocycles. The molecule has 0 radical (unpaired) electrons. The molecular weight excluding hydrogens is 400 g/mol. The van der Waals surface area contributed by atoms with E-state index in [1.165, 1.54) is 50.5 Å². The number of rotatable bonds is 4. The number of benzene rings is 1. The van der Waals surface area contributed by atoms with E-state index in [1.54, 1.807) is 12.1 Å². The average Bonchev–Trinajstić information content (AvgIpc) is 2.71. The lowest BCUT2D eigenvalue weighted by Crippen LogP contribution is -2.65. The van der Waals surface area contributed by atoms with Gasteiger partial charge in [-0.25, -0.2) is 0 Å². The molecule has 170 valence electrons. The van der Waals surface area contributed by atoms with E-state index in [2.05, 4.69) is 5.32 Å². The van der Waals surface area contributed by atoms with Crippen molar-refractivity contribution < 1.29 is 9.72 Å². The largest absolute Gasteiger partial charge is 0.350 e. The summed E-state index contributed by atoms with van der Waals surface area (Å²) in [5.41, 5.74) is 1.26. The van der Waals surface area contributed by atoms with Crippen molar-refractivity contribution in [3.05, 3.63) is 39.9 Å². The Labute approximate surface area is 189 Å². The average molecular weight is 435 g/mol. The van der Waals surface area contributed by atoms with E-state index < -0.39 is 0 Å². The predicted molar refractivity (Wildman–Crippen MR) is 121 cm³/mol. The SMILES string of the molecule is O=C(NC12CC3CC(CC(C3)C1)C2)C12C[C@@H]3C[C@@H](C1)CC(c1ccc([N+](=O)[O-])cc1)(C3)C2. The van der Waals surface area contributed by atoms with Gasteiger partial charge >= 0.3 is 0 Å². The number of non-ortho nitro benzene ring substituents is 1. The summed E-state index contributed by atoms with van der Waals surface area (Å²) in [6.45, 7) is 0. The summed E-state index contributed by atoms with van der Waals surface area (Å²) in [6, 6.07) is 7.29. The highest BCUT2D eigenvalue weighted by molar-refractivity contribution is 5.84. The minimum Gasteiger partial charge on any atom is -0.350 e. The van der Waals surface area contributed by atoms with Gasteiger partial charge in [-0.1, -0.05) is 12.1 Å². The highest BCUT2D eigenvalue weighted by Crippen LogP contribution is 2.66. The predicted octanol–water partition coefficient (Wildman–Crippen LogP) is 5.52. The molecule has 2 atom stereocenters. The number of carbonyl (C=O) groups excluding carboxylic acids is 1. The van der Waals surface area contributed by atoms with E-state index in [4.69, 9.17) is 0 Å². The minimum atomic E-state index is -0.316. The molecule has 5 nitrogen and oxygen atoms in total. The Bertz CT molecular complexity index is 934. The summed E-state index contributed by atoms with van der Waals surface area (Å²) < 4.78 is 0. The summed E-state index contributed by atoms with van der Waals surface area (Å²) in [6.07, 6.45) is 14.4. The van der Waals surface area contributed by atoms with E-state index >= 15 is 0 Å². The summed E-state index contributed by atoms with van der Waals surface area (Å²) in [5, 5.41) is 14.9. The Kier molecular flexibility index (Phi) is 3.88. The van der Waals surface area contributed by atoms with Crippen LogP contribution in [0.25, 0.3) is 0 Å². The van der Waals surface area contributed by atoms with Crippen LogP contribution in [0.3, 0.4) is 0 Å². The van der Waals surface area contributed by atoms with Gasteiger partial charge in [0.2, 0.25) is 5.91 Å². The summed E-state index contributed by atoms with van der Waals surface area (Å²) >= 11 is 0. The maximum atomic E-state index is 14.1. The lowest BCUT2D eigenvalue weighted by Gasteiger charge is -2.63. The molecule has 5 heteroatoms. The van der Waals surface area contributed by atoms with Crippen molar-refractivity contribution in [2.75, 3.05) is 0 Å². The Morgan fingerprint density at radius 2 is 1.34 bits per heavy atom. The van der Waals surface area contributed by atoms with Gasteiger partial charge in [0.1, 0.15) is 0 Å². The third-order valence-corrected chi connectivity index (χ3v) is 10.7. The van der Waals surface area contributed by atoms with Crippen LogP contribution in [-0.4, -0.2) is 16.4 Å². The molecule has 1 N–H and O–H groups in total. The molecule has 0 spiro atoms. The van der Waals surface area contributed by atoms with Gasteiger partial charge in [0.05, 0.1) is 10.3 Å². The molecule has 1 aromatic rings. The molecule has 0 unspecified atom stereocenters. The molecule has 1 aromatic carbocycles. The molecule has 32 heavy (non-hydrogen) atoms. The minimum absolute atomic E-state index is 0.0258. The number of nitro groups is 1. The second kappa shape index (κ2) is 6.36. The molecule has 8 aliphatic rings. The molecule has 8 saturated carbocycles. The zero-order valence-corrected chi connectivity index (χ0v) is 18.9. The molecular formula is C27H34N2O3. The molecule has 0 aliphatic heterocycles. The number of hydrogen-bond donors (Lipinski definition) is 1. The second-order valence-corrected chi connectivity index (χ2v) is 13.0. The van der Waals surface area contributed by atoms with Crippen molar-refractivity contribution in [3.63, 3.8) is 0 Å². The molecule has 8 fully saturated rings. The fourth-order valence-corrected chi connectivity index (χ4v) is 10.4. The topological polar surface area (TPSA) is 72.2 Å². The first-order valence-electron chi connectivity index (χ1n) is 12.9. The number of nitro benzene ring substituents is 1. The van der Waals surface area contributed by atoms with Crippen LogP contribution in [0, 0.1) is 45.1 Å². The maximum absolute atomic E-state index is 14.1. The van der Waals surface area contributed by atoms with Gasteiger partial charge in [0.15, 0.2) is 0 Å². The fraction of sp³-hybridized carbons (Fsp3) is 0.741. The van der Waals surface area contributed by atoms with Crippen molar-refractivity contribution in [2.45, 2.75) is 88.0 Å². The first-order valence-corrected chi connectivity index (χ1v) is 12.9. The molecule has 0 saturated heterocycles. The third kappa shape index (κ3) is 2.78. The van der Waals surface area contributed by atoms with Crippen LogP contribution in [0.1, 0.15) is 82.6 Å². The smallest absolute Gasteiger partial charge is 0.269 e. The van der Waals surface area contributed by atoms with E-state index in [1.807, 2.05) is 12.1 Å². The quantitative estimate of drug-likeness (QED) is 0.501. The van der Waals surface area contributed by atoms with Crippen molar-refractivity contribution in [1.29, 1.82) is 0 Å². The van der Waals surface area contributed by atoms with E-state index in [0.29, 0.717) is 17.7 Å². The molecule has 0 heterocycles. The summed E-state index contributed by atoms with van der Waals surface area (Å²) in [7, 11) is 0. The lowest BCUT2D eigenvalue weighted by atomic mass is 9.42. The number of nitrogens with one attached hydrogen (secondary N) is 1. The number of amides is 1. The Hall–Kier alpha value is -1.91. The lowest BCUT2D eigenvalue weighted by molar-refractivity contribution is -0.384. The maximum Gasteiger partial charge on any atom is 0.269 e. The normalized spacial score (nSPS) is 47.6. The van der Waals surface area contributed by atoms with Gasteiger partial charge in [-0.05, 0) is 118 Å². The van der Waals surface area contributed by atoms with Crippen molar-refractivity contribution >= 4 is 11.6 Å². The van der Waals surface area contributed by atoms with Crippen LogP contribution < -0.4 is 5.32 Å². The van der Waals surface area contributed by atoms with Crippen LogP contribution in [-0.2, 0) is 10.2 Å². The first-order chi connectivity index (χ1) is 15.3. The summed E-state index contributed by atoms with van der Waals surface area (Å²) in [4.78, 5) is 24.9. The van der Waals surface area contributed by atoms with Gasteiger partial charge in [-0.3, -0.25) is 14.9 Å². The summed E-state index contributed by atoms with van der Waals surface area (Å²) in [5.74, 6) is 4.11. The van der Waals surface area contributed by atoms with Crippen LogP contribution in [0.15, 0.2) is 24.3 Å². The van der Waals surface area contributed by atoms with Crippen LogP contribution in [0.5, 0.6) is 0 Å². The van der Waals surface area contributed by atoms with Crippen LogP contribution in [0.4, 0.5) is 5.69 Å². The molecule has 8 aliphatic carbocycles. The van der Waals surface area contributed by atoms with Gasteiger partial charge in [0.25, 0.3) is 5.69 Å². The molecule has 8 bridgehead atoms. The Morgan fingerprint density at radius 1 is 0.812 bits per heavy atom. The van der Waals surface area contributed by atoms with Gasteiger partial charge in [-0.15, -0.1) is 0 Å².